The second kappa shape index (κ2) is 4.06. The minimum atomic E-state index is -1.80. The van der Waals surface area contributed by atoms with Gasteiger partial charge in [-0.05, 0) is 27.6 Å². The number of ketones is 2. The minimum absolute atomic E-state index is 0.299. The average molecular weight is 315 g/mol. The van der Waals surface area contributed by atoms with Gasteiger partial charge in [0.2, 0.25) is 15.9 Å². The lowest BCUT2D eigenvalue weighted by Crippen LogP contribution is -2.21. The summed E-state index contributed by atoms with van der Waals surface area (Å²) in [6.07, 6.45) is 0. The Hall–Kier alpha value is -1.90. The zero-order valence-electron chi connectivity index (χ0n) is 10.7. The van der Waals surface area contributed by atoms with Gasteiger partial charge in [-0.2, -0.15) is 0 Å². The van der Waals surface area contributed by atoms with Gasteiger partial charge in [0.25, 0.3) is 0 Å². The Morgan fingerprint density at radius 3 is 2.29 bits per heavy atom. The molecule has 21 heavy (non-hydrogen) atoms. The van der Waals surface area contributed by atoms with E-state index in [0.29, 0.717) is 11.1 Å². The Labute approximate surface area is 130 Å². The van der Waals surface area contributed by atoms with Crippen molar-refractivity contribution in [1.82, 2.24) is 0 Å². The van der Waals surface area contributed by atoms with Crippen molar-refractivity contribution < 1.29 is 9.59 Å². The lowest BCUT2D eigenvalue weighted by molar-refractivity contribution is -0.115. The largest absolute Gasteiger partial charge is 0.287 e. The van der Waals surface area contributed by atoms with E-state index in [-0.39, 0.29) is 0 Å². The van der Waals surface area contributed by atoms with Crippen LogP contribution in [0.4, 0.5) is 0 Å². The summed E-state index contributed by atoms with van der Waals surface area (Å²) in [5.74, 6) is -1.40. The van der Waals surface area contributed by atoms with Crippen LogP contribution in [0.5, 0.6) is 0 Å². The van der Waals surface area contributed by atoms with Gasteiger partial charge in [0, 0.05) is 11.1 Å². The SMILES string of the molecule is O=C1C(=O)C(Cl)(Cl)c2c1ccc1c2ccc2ccccc21. The summed E-state index contributed by atoms with van der Waals surface area (Å²) in [5.41, 5.74) is 0.705. The normalized spacial score (nSPS) is 16.7. The van der Waals surface area contributed by atoms with Gasteiger partial charge in [-0.15, -0.1) is 0 Å². The molecule has 0 unspecified atom stereocenters. The number of carbonyl (C=O) groups excluding carboxylic acids is 2. The molecule has 0 N–H and O–H groups in total. The van der Waals surface area contributed by atoms with E-state index in [2.05, 4.69) is 0 Å². The summed E-state index contributed by atoms with van der Waals surface area (Å²) < 4.78 is -1.80. The minimum Gasteiger partial charge on any atom is -0.287 e. The van der Waals surface area contributed by atoms with Crippen LogP contribution in [0.25, 0.3) is 21.5 Å². The van der Waals surface area contributed by atoms with Crippen LogP contribution in [0, 0.1) is 0 Å². The first-order valence-corrected chi connectivity index (χ1v) is 7.19. The molecule has 0 saturated carbocycles. The van der Waals surface area contributed by atoms with Crippen molar-refractivity contribution >= 4 is 56.3 Å². The highest BCUT2D eigenvalue weighted by atomic mass is 35.5. The van der Waals surface area contributed by atoms with Crippen LogP contribution in [0.3, 0.4) is 0 Å². The third-order valence-corrected chi connectivity index (χ3v) is 4.70. The second-order valence-corrected chi connectivity index (χ2v) is 6.43. The fourth-order valence-electron chi connectivity index (χ4n) is 2.99. The molecule has 102 valence electrons. The third-order valence-electron chi connectivity index (χ3n) is 3.98. The maximum Gasteiger partial charge on any atom is 0.243 e. The molecule has 1 aliphatic carbocycles. The Balaban J connectivity index is 2.22. The second-order valence-electron chi connectivity index (χ2n) is 5.10. The highest BCUT2D eigenvalue weighted by molar-refractivity contribution is 6.72. The first kappa shape index (κ1) is 12.8. The van der Waals surface area contributed by atoms with Crippen LogP contribution in [-0.2, 0) is 9.13 Å². The molecular weight excluding hydrogens is 307 g/mol. The van der Waals surface area contributed by atoms with Crippen molar-refractivity contribution in [3.63, 3.8) is 0 Å². The maximum atomic E-state index is 12.0. The van der Waals surface area contributed by atoms with Gasteiger partial charge in [-0.1, -0.05) is 65.7 Å². The molecule has 4 rings (SSSR count). The molecule has 0 aliphatic heterocycles. The molecule has 0 saturated heterocycles. The summed E-state index contributed by atoms with van der Waals surface area (Å²) in [6, 6.07) is 15.2. The van der Waals surface area contributed by atoms with E-state index in [1.165, 1.54) is 0 Å². The fourth-order valence-corrected chi connectivity index (χ4v) is 3.57. The molecule has 3 aromatic rings. The van der Waals surface area contributed by atoms with Crippen molar-refractivity contribution in [2.45, 2.75) is 4.33 Å². The zero-order chi connectivity index (χ0) is 14.8. The number of carbonyl (C=O) groups is 2. The van der Waals surface area contributed by atoms with Crippen LogP contribution in [-0.4, -0.2) is 11.6 Å². The number of benzene rings is 3. The Morgan fingerprint density at radius 1 is 0.762 bits per heavy atom. The smallest absolute Gasteiger partial charge is 0.243 e. The van der Waals surface area contributed by atoms with E-state index in [1.54, 1.807) is 6.07 Å². The van der Waals surface area contributed by atoms with Crippen molar-refractivity contribution in [2.75, 3.05) is 0 Å². The molecule has 2 nitrogen and oxygen atoms in total. The molecular formula is C17H8Cl2O2. The molecule has 4 heteroatoms. The summed E-state index contributed by atoms with van der Waals surface area (Å²) >= 11 is 12.3. The summed E-state index contributed by atoms with van der Waals surface area (Å²) in [7, 11) is 0. The molecule has 1 aliphatic rings. The van der Waals surface area contributed by atoms with E-state index in [4.69, 9.17) is 23.2 Å². The molecule has 0 radical (unpaired) electrons. The zero-order valence-corrected chi connectivity index (χ0v) is 12.2. The predicted molar refractivity (Wildman–Crippen MR) is 84.2 cm³/mol. The summed E-state index contributed by atoms with van der Waals surface area (Å²) in [6.45, 7) is 0. The van der Waals surface area contributed by atoms with Gasteiger partial charge in [0.15, 0.2) is 0 Å². The lowest BCUT2D eigenvalue weighted by Gasteiger charge is -2.14. The fraction of sp³-hybridized carbons (Fsp3) is 0.0588. The lowest BCUT2D eigenvalue weighted by atomic mass is 9.96. The van der Waals surface area contributed by atoms with Crippen molar-refractivity contribution in [2.24, 2.45) is 0 Å². The molecule has 0 aromatic heterocycles. The molecule has 0 amide bonds. The first-order valence-electron chi connectivity index (χ1n) is 6.43. The molecule has 0 spiro atoms. The quantitative estimate of drug-likeness (QED) is 0.350. The highest BCUT2D eigenvalue weighted by Gasteiger charge is 2.50. The van der Waals surface area contributed by atoms with Crippen LogP contribution in [0.2, 0.25) is 0 Å². The summed E-state index contributed by atoms with van der Waals surface area (Å²) in [4.78, 5) is 24.0. The van der Waals surface area contributed by atoms with E-state index < -0.39 is 15.9 Å². The van der Waals surface area contributed by atoms with E-state index in [1.807, 2.05) is 42.5 Å². The number of rotatable bonds is 0. The van der Waals surface area contributed by atoms with Crippen LogP contribution in [0.15, 0.2) is 48.5 Å². The van der Waals surface area contributed by atoms with Gasteiger partial charge in [0.1, 0.15) is 0 Å². The Morgan fingerprint density at radius 2 is 1.48 bits per heavy atom. The average Bonchev–Trinajstić information content (AvgIpc) is 2.68. The van der Waals surface area contributed by atoms with Gasteiger partial charge < -0.3 is 0 Å². The number of hydrogen-bond acceptors (Lipinski definition) is 2. The van der Waals surface area contributed by atoms with Crippen molar-refractivity contribution in [3.05, 3.63) is 59.7 Å². The Bertz CT molecular complexity index is 958. The van der Waals surface area contributed by atoms with Crippen molar-refractivity contribution in [1.29, 1.82) is 0 Å². The van der Waals surface area contributed by atoms with Gasteiger partial charge in [0.05, 0.1) is 0 Å². The number of alkyl halides is 2. The van der Waals surface area contributed by atoms with E-state index in [0.717, 1.165) is 21.5 Å². The van der Waals surface area contributed by atoms with E-state index >= 15 is 0 Å². The maximum absolute atomic E-state index is 12.0. The van der Waals surface area contributed by atoms with Crippen LogP contribution in [0.1, 0.15) is 15.9 Å². The van der Waals surface area contributed by atoms with Gasteiger partial charge in [-0.25, -0.2) is 0 Å². The van der Waals surface area contributed by atoms with Gasteiger partial charge >= 0.3 is 0 Å². The standard InChI is InChI=1S/C17H8Cl2O2/c18-17(19)14-12-6-5-9-3-1-2-4-10(9)11(12)7-8-13(14)15(20)16(17)21/h1-8H. The number of halogens is 2. The Kier molecular flexibility index (Phi) is 2.48. The molecule has 0 bridgehead atoms. The van der Waals surface area contributed by atoms with E-state index in [9.17, 15) is 9.59 Å². The third kappa shape index (κ3) is 1.55. The number of fused-ring (bicyclic) bond motifs is 5. The first-order chi connectivity index (χ1) is 10.0. The van der Waals surface area contributed by atoms with Crippen LogP contribution >= 0.6 is 23.2 Å². The topological polar surface area (TPSA) is 34.1 Å². The monoisotopic (exact) mass is 314 g/mol. The predicted octanol–water partition coefficient (Wildman–Crippen LogP) is 4.39. The van der Waals surface area contributed by atoms with Gasteiger partial charge in [-0.3, -0.25) is 9.59 Å². The van der Waals surface area contributed by atoms with Crippen LogP contribution < -0.4 is 0 Å². The molecule has 0 heterocycles. The summed E-state index contributed by atoms with van der Waals surface area (Å²) in [5, 5.41) is 3.79. The number of Topliss-reactive ketones (excluding diaryl/α,β-unsaturated/α-hetero) is 2. The molecule has 0 fully saturated rings. The number of hydrogen-bond donors (Lipinski definition) is 0. The molecule has 3 aromatic carbocycles. The molecule has 0 atom stereocenters. The highest BCUT2D eigenvalue weighted by Crippen LogP contribution is 2.47. The van der Waals surface area contributed by atoms with Crippen molar-refractivity contribution in [3.8, 4) is 0 Å².